The van der Waals surface area contributed by atoms with Gasteiger partial charge in [-0.2, -0.15) is 0 Å². The fraction of sp³-hybridized carbons (Fsp3) is 0.190. The SMILES string of the molecule is Cc1ccc(OCc2nc(C(=O)N[C@@H](C)c3nc4ccccc4[nH]3)cs2)cc1. The molecule has 2 aromatic carbocycles. The van der Waals surface area contributed by atoms with Crippen LogP contribution in [0.1, 0.15) is 39.8 Å². The maximum Gasteiger partial charge on any atom is 0.271 e. The van der Waals surface area contributed by atoms with Gasteiger partial charge in [0.05, 0.1) is 17.1 Å². The fourth-order valence-electron chi connectivity index (χ4n) is 2.78. The first-order chi connectivity index (χ1) is 13.6. The number of benzene rings is 2. The first-order valence-electron chi connectivity index (χ1n) is 8.98. The predicted octanol–water partition coefficient (Wildman–Crippen LogP) is 4.40. The van der Waals surface area contributed by atoms with Crippen LogP contribution in [0.15, 0.2) is 53.9 Å². The lowest BCUT2D eigenvalue weighted by molar-refractivity contribution is 0.0933. The summed E-state index contributed by atoms with van der Waals surface area (Å²) in [5.74, 6) is 1.27. The minimum absolute atomic E-state index is 0.231. The molecule has 7 heteroatoms. The molecule has 28 heavy (non-hydrogen) atoms. The molecule has 2 N–H and O–H groups in total. The molecular formula is C21H20N4O2S. The van der Waals surface area contributed by atoms with Crippen molar-refractivity contribution in [2.75, 3.05) is 0 Å². The van der Waals surface area contributed by atoms with Gasteiger partial charge in [-0.15, -0.1) is 11.3 Å². The van der Waals surface area contributed by atoms with Crippen molar-refractivity contribution in [3.63, 3.8) is 0 Å². The Hall–Kier alpha value is -3.19. The van der Waals surface area contributed by atoms with Crippen LogP contribution in [0.25, 0.3) is 11.0 Å². The highest BCUT2D eigenvalue weighted by molar-refractivity contribution is 7.09. The van der Waals surface area contributed by atoms with E-state index < -0.39 is 0 Å². The van der Waals surface area contributed by atoms with Gasteiger partial charge in [-0.25, -0.2) is 9.97 Å². The molecule has 0 saturated carbocycles. The molecule has 0 saturated heterocycles. The highest BCUT2D eigenvalue weighted by Gasteiger charge is 2.17. The number of amides is 1. The lowest BCUT2D eigenvalue weighted by Crippen LogP contribution is -2.27. The highest BCUT2D eigenvalue weighted by Crippen LogP contribution is 2.18. The van der Waals surface area contributed by atoms with Crippen molar-refractivity contribution in [1.29, 1.82) is 0 Å². The standard InChI is InChI=1S/C21H20N4O2S/c1-13-7-9-15(10-8-13)27-11-19-23-18(12-28-19)21(26)22-14(2)20-24-16-5-3-4-6-17(16)25-20/h3-10,12,14H,11H2,1-2H3,(H,22,26)(H,24,25)/t14-/m0/s1. The van der Waals surface area contributed by atoms with E-state index in [-0.39, 0.29) is 11.9 Å². The largest absolute Gasteiger partial charge is 0.486 e. The molecular weight excluding hydrogens is 372 g/mol. The summed E-state index contributed by atoms with van der Waals surface area (Å²) < 4.78 is 5.73. The number of ether oxygens (including phenoxy) is 1. The second-order valence-electron chi connectivity index (χ2n) is 6.56. The maximum absolute atomic E-state index is 12.5. The zero-order chi connectivity index (χ0) is 19.5. The molecule has 0 unspecified atom stereocenters. The second-order valence-corrected chi connectivity index (χ2v) is 7.51. The Labute approximate surface area is 166 Å². The van der Waals surface area contributed by atoms with E-state index in [9.17, 15) is 4.79 Å². The minimum Gasteiger partial charge on any atom is -0.486 e. The number of aryl methyl sites for hydroxylation is 1. The van der Waals surface area contributed by atoms with Gasteiger partial charge >= 0.3 is 0 Å². The van der Waals surface area contributed by atoms with Gasteiger partial charge in [0, 0.05) is 5.38 Å². The number of nitrogens with one attached hydrogen (secondary N) is 2. The lowest BCUT2D eigenvalue weighted by atomic mass is 10.2. The summed E-state index contributed by atoms with van der Waals surface area (Å²) in [6.07, 6.45) is 0. The number of aromatic amines is 1. The second kappa shape index (κ2) is 7.82. The Kier molecular flexibility index (Phi) is 5.08. The number of fused-ring (bicyclic) bond motifs is 1. The van der Waals surface area contributed by atoms with E-state index >= 15 is 0 Å². The van der Waals surface area contributed by atoms with Gasteiger partial charge in [-0.3, -0.25) is 4.79 Å². The van der Waals surface area contributed by atoms with E-state index in [4.69, 9.17) is 4.74 Å². The lowest BCUT2D eigenvalue weighted by Gasteiger charge is -2.10. The van der Waals surface area contributed by atoms with Gasteiger partial charge in [-0.05, 0) is 38.1 Å². The summed E-state index contributed by atoms with van der Waals surface area (Å²) in [5, 5.41) is 5.43. The Bertz CT molecular complexity index is 1070. The average Bonchev–Trinajstić information content (AvgIpc) is 3.34. The number of para-hydroxylation sites is 2. The number of H-pyrrole nitrogens is 1. The van der Waals surface area contributed by atoms with Gasteiger partial charge in [0.1, 0.15) is 28.9 Å². The van der Waals surface area contributed by atoms with Gasteiger partial charge in [0.15, 0.2) is 0 Å². The molecule has 2 heterocycles. The number of carbonyl (C=O) groups excluding carboxylic acids is 1. The van der Waals surface area contributed by atoms with Crippen molar-refractivity contribution in [1.82, 2.24) is 20.3 Å². The molecule has 2 aromatic heterocycles. The zero-order valence-corrected chi connectivity index (χ0v) is 16.4. The van der Waals surface area contributed by atoms with Crippen molar-refractivity contribution >= 4 is 28.3 Å². The summed E-state index contributed by atoms with van der Waals surface area (Å²) in [5.41, 5.74) is 3.39. The van der Waals surface area contributed by atoms with Crippen molar-refractivity contribution < 1.29 is 9.53 Å². The molecule has 0 aliphatic rings. The van der Waals surface area contributed by atoms with Crippen molar-refractivity contribution in [3.8, 4) is 5.75 Å². The van der Waals surface area contributed by atoms with Gasteiger partial charge < -0.3 is 15.0 Å². The first-order valence-corrected chi connectivity index (χ1v) is 9.86. The summed E-state index contributed by atoms with van der Waals surface area (Å²) in [6, 6.07) is 15.4. The van der Waals surface area contributed by atoms with Crippen molar-refractivity contribution in [3.05, 3.63) is 76.0 Å². The minimum atomic E-state index is -0.256. The molecule has 0 aliphatic carbocycles. The van der Waals surface area contributed by atoms with Crippen LogP contribution in [-0.2, 0) is 6.61 Å². The normalized spacial score (nSPS) is 12.1. The van der Waals surface area contributed by atoms with Crippen molar-refractivity contribution in [2.24, 2.45) is 0 Å². The van der Waals surface area contributed by atoms with Crippen LogP contribution in [0.5, 0.6) is 5.75 Å². The predicted molar refractivity (Wildman–Crippen MR) is 110 cm³/mol. The molecule has 0 aliphatic heterocycles. The molecule has 1 atom stereocenters. The number of imidazole rings is 1. The summed E-state index contributed by atoms with van der Waals surface area (Å²) in [6.45, 7) is 4.26. The van der Waals surface area contributed by atoms with E-state index in [1.54, 1.807) is 5.38 Å². The fourth-order valence-corrected chi connectivity index (χ4v) is 3.46. The smallest absolute Gasteiger partial charge is 0.271 e. The monoisotopic (exact) mass is 392 g/mol. The summed E-state index contributed by atoms with van der Waals surface area (Å²) in [7, 11) is 0. The third kappa shape index (κ3) is 4.04. The molecule has 142 valence electrons. The van der Waals surface area contributed by atoms with Crippen LogP contribution in [0.4, 0.5) is 0 Å². The van der Waals surface area contributed by atoms with Gasteiger partial charge in [0.25, 0.3) is 5.91 Å². The Morgan fingerprint density at radius 3 is 2.75 bits per heavy atom. The Balaban J connectivity index is 1.37. The molecule has 4 rings (SSSR count). The topological polar surface area (TPSA) is 79.9 Å². The molecule has 0 radical (unpaired) electrons. The van der Waals surface area contributed by atoms with Gasteiger partial charge in [-0.1, -0.05) is 29.8 Å². The molecule has 6 nitrogen and oxygen atoms in total. The number of carbonyl (C=O) groups is 1. The first kappa shape index (κ1) is 18.2. The number of aromatic nitrogens is 3. The number of rotatable bonds is 6. The van der Waals surface area contributed by atoms with Crippen LogP contribution < -0.4 is 10.1 Å². The van der Waals surface area contributed by atoms with E-state index in [0.717, 1.165) is 21.8 Å². The van der Waals surface area contributed by atoms with Crippen LogP contribution in [0.3, 0.4) is 0 Å². The number of hydrogen-bond acceptors (Lipinski definition) is 5. The summed E-state index contributed by atoms with van der Waals surface area (Å²) in [4.78, 5) is 24.7. The average molecular weight is 392 g/mol. The van der Waals surface area contributed by atoms with Crippen LogP contribution in [-0.4, -0.2) is 20.9 Å². The van der Waals surface area contributed by atoms with E-state index in [2.05, 4.69) is 20.3 Å². The third-order valence-corrected chi connectivity index (χ3v) is 5.16. The third-order valence-electron chi connectivity index (χ3n) is 4.33. The zero-order valence-electron chi connectivity index (χ0n) is 15.6. The molecule has 0 bridgehead atoms. The van der Waals surface area contributed by atoms with E-state index in [1.165, 1.54) is 16.9 Å². The van der Waals surface area contributed by atoms with Crippen molar-refractivity contribution in [2.45, 2.75) is 26.5 Å². The van der Waals surface area contributed by atoms with E-state index in [1.807, 2.05) is 62.4 Å². The van der Waals surface area contributed by atoms with Crippen LogP contribution >= 0.6 is 11.3 Å². The molecule has 0 fully saturated rings. The van der Waals surface area contributed by atoms with Crippen LogP contribution in [0, 0.1) is 6.92 Å². The number of nitrogens with zero attached hydrogens (tertiary/aromatic N) is 2. The molecule has 0 spiro atoms. The number of thiazole rings is 1. The molecule has 4 aromatic rings. The number of hydrogen-bond donors (Lipinski definition) is 2. The quantitative estimate of drug-likeness (QED) is 0.510. The maximum atomic E-state index is 12.5. The summed E-state index contributed by atoms with van der Waals surface area (Å²) >= 11 is 1.41. The van der Waals surface area contributed by atoms with E-state index in [0.29, 0.717) is 18.1 Å². The highest BCUT2D eigenvalue weighted by atomic mass is 32.1. The Morgan fingerprint density at radius 2 is 1.96 bits per heavy atom. The Morgan fingerprint density at radius 1 is 1.18 bits per heavy atom. The van der Waals surface area contributed by atoms with Crippen LogP contribution in [0.2, 0.25) is 0 Å². The molecule has 1 amide bonds. The van der Waals surface area contributed by atoms with Gasteiger partial charge in [0.2, 0.25) is 0 Å².